The van der Waals surface area contributed by atoms with Crippen molar-refractivity contribution < 1.29 is 13.2 Å². The van der Waals surface area contributed by atoms with Gasteiger partial charge in [-0.2, -0.15) is 14.4 Å². The van der Waals surface area contributed by atoms with E-state index in [1.165, 1.54) is 18.2 Å². The fourth-order valence-electron chi connectivity index (χ4n) is 5.51. The van der Waals surface area contributed by atoms with E-state index >= 15 is 0 Å². The van der Waals surface area contributed by atoms with Gasteiger partial charge in [0.15, 0.2) is 5.17 Å². The van der Waals surface area contributed by atoms with Crippen LogP contribution in [-0.4, -0.2) is 64.7 Å². The molecule has 0 bridgehead atoms. The Morgan fingerprint density at radius 1 is 0.975 bits per heavy atom. The standard InChI is InChI=1S/C30H33N5O3S2/c1-22-10-9-17-34(20-22)40(37,38)26-14-8-11-23(18-26)28-24(21-35(32-28)25-12-4-2-5-13-25)19-27-29(36)31-30(39-27)33-15-6-3-7-16-33/h2,4-5,8,11-14,18-19,21-22H,3,6-7,9-10,15-17,20H2,1H3/b27-19-. The second-order valence-electron chi connectivity index (χ2n) is 10.7. The zero-order chi connectivity index (χ0) is 27.7. The van der Waals surface area contributed by atoms with Gasteiger partial charge in [-0.3, -0.25) is 4.79 Å². The maximum absolute atomic E-state index is 13.6. The topological polar surface area (TPSA) is 87.9 Å². The van der Waals surface area contributed by atoms with Crippen LogP contribution in [0.4, 0.5) is 0 Å². The summed E-state index contributed by atoms with van der Waals surface area (Å²) in [5.74, 6) is 0.0875. The Balaban J connectivity index is 1.37. The molecule has 208 valence electrons. The second-order valence-corrected chi connectivity index (χ2v) is 13.7. The lowest BCUT2D eigenvalue weighted by molar-refractivity contribution is -0.113. The third kappa shape index (κ3) is 5.53. The van der Waals surface area contributed by atoms with E-state index in [1.54, 1.807) is 27.2 Å². The minimum absolute atomic E-state index is 0.250. The van der Waals surface area contributed by atoms with Gasteiger partial charge in [-0.05, 0) is 80.1 Å². The molecule has 3 aromatic rings. The molecule has 3 aliphatic heterocycles. The average molecular weight is 576 g/mol. The Hall–Kier alpha value is -3.21. The smallest absolute Gasteiger partial charge is 0.286 e. The number of para-hydroxylation sites is 1. The SMILES string of the molecule is CC1CCCN(S(=O)(=O)c2cccc(-c3nn(-c4ccccc4)cc3/C=C3\SC(N4CCCCC4)=NC3=O)c2)C1. The molecule has 8 nitrogen and oxygen atoms in total. The van der Waals surface area contributed by atoms with Crippen molar-refractivity contribution in [3.8, 4) is 16.9 Å². The number of likely N-dealkylation sites (tertiary alicyclic amines) is 1. The highest BCUT2D eigenvalue weighted by Crippen LogP contribution is 2.35. The highest BCUT2D eigenvalue weighted by molar-refractivity contribution is 8.18. The molecule has 1 unspecified atom stereocenters. The largest absolute Gasteiger partial charge is 0.351 e. The third-order valence-electron chi connectivity index (χ3n) is 7.65. The van der Waals surface area contributed by atoms with Gasteiger partial charge in [0.2, 0.25) is 10.0 Å². The number of benzene rings is 2. The molecule has 10 heteroatoms. The van der Waals surface area contributed by atoms with E-state index in [1.807, 2.05) is 48.7 Å². The molecule has 3 aliphatic rings. The van der Waals surface area contributed by atoms with E-state index < -0.39 is 10.0 Å². The molecule has 0 saturated carbocycles. The van der Waals surface area contributed by atoms with Gasteiger partial charge in [-0.25, -0.2) is 13.1 Å². The van der Waals surface area contributed by atoms with Gasteiger partial charge >= 0.3 is 0 Å². The molecule has 40 heavy (non-hydrogen) atoms. The summed E-state index contributed by atoms with van der Waals surface area (Å²) in [5, 5.41) is 5.63. The molecule has 0 N–H and O–H groups in total. The summed E-state index contributed by atoms with van der Waals surface area (Å²) in [6.45, 7) is 5.00. The molecule has 2 fully saturated rings. The summed E-state index contributed by atoms with van der Waals surface area (Å²) < 4.78 is 30.5. The number of thioether (sulfide) groups is 1. The highest BCUT2D eigenvalue weighted by atomic mass is 32.2. The van der Waals surface area contributed by atoms with Crippen LogP contribution < -0.4 is 0 Å². The number of piperidine rings is 2. The first-order valence-corrected chi connectivity index (χ1v) is 16.2. The molecular formula is C30H33N5O3S2. The van der Waals surface area contributed by atoms with E-state index in [0.717, 1.165) is 55.2 Å². The molecule has 1 aromatic heterocycles. The van der Waals surface area contributed by atoms with Gasteiger partial charge in [0, 0.05) is 43.5 Å². The van der Waals surface area contributed by atoms with Gasteiger partial charge in [-0.15, -0.1) is 0 Å². The molecule has 0 radical (unpaired) electrons. The number of aliphatic imine (C=N–C) groups is 1. The van der Waals surface area contributed by atoms with Crippen LogP contribution in [0.1, 0.15) is 44.6 Å². The molecule has 0 spiro atoms. The zero-order valence-electron chi connectivity index (χ0n) is 22.6. The minimum Gasteiger partial charge on any atom is -0.351 e. The predicted octanol–water partition coefficient (Wildman–Crippen LogP) is 5.42. The normalized spacial score (nSPS) is 21.7. The van der Waals surface area contributed by atoms with Gasteiger partial charge in [-0.1, -0.05) is 37.3 Å². The Labute approximate surface area is 239 Å². The number of sulfonamides is 1. The number of amides is 1. The van der Waals surface area contributed by atoms with E-state index in [0.29, 0.717) is 35.2 Å². The van der Waals surface area contributed by atoms with Crippen LogP contribution in [0.25, 0.3) is 23.0 Å². The Morgan fingerprint density at radius 3 is 2.55 bits per heavy atom. The lowest BCUT2D eigenvalue weighted by Crippen LogP contribution is -2.39. The summed E-state index contributed by atoms with van der Waals surface area (Å²) in [7, 11) is -3.63. The van der Waals surface area contributed by atoms with Crippen LogP contribution in [0.15, 0.2) is 75.6 Å². The zero-order valence-corrected chi connectivity index (χ0v) is 24.2. The summed E-state index contributed by atoms with van der Waals surface area (Å²) >= 11 is 1.40. The minimum atomic E-state index is -3.63. The molecule has 1 atom stereocenters. The van der Waals surface area contributed by atoms with Crippen molar-refractivity contribution in [2.45, 2.75) is 43.9 Å². The van der Waals surface area contributed by atoms with E-state index in [9.17, 15) is 13.2 Å². The summed E-state index contributed by atoms with van der Waals surface area (Å²) in [6, 6.07) is 16.7. The number of rotatable bonds is 5. The number of nitrogens with zero attached hydrogens (tertiary/aromatic N) is 5. The van der Waals surface area contributed by atoms with Gasteiger partial charge in [0.1, 0.15) is 5.69 Å². The summed E-state index contributed by atoms with van der Waals surface area (Å²) in [5.41, 5.74) is 2.89. The first kappa shape index (κ1) is 27.0. The molecule has 0 aliphatic carbocycles. The van der Waals surface area contributed by atoms with E-state index in [4.69, 9.17) is 5.10 Å². The van der Waals surface area contributed by atoms with Crippen molar-refractivity contribution in [1.82, 2.24) is 19.0 Å². The molecule has 4 heterocycles. The second kappa shape index (κ2) is 11.3. The fourth-order valence-corrected chi connectivity index (χ4v) is 8.11. The van der Waals surface area contributed by atoms with E-state index in [2.05, 4.69) is 16.8 Å². The monoisotopic (exact) mass is 575 g/mol. The van der Waals surface area contributed by atoms with Crippen molar-refractivity contribution in [3.63, 3.8) is 0 Å². The quantitative estimate of drug-likeness (QED) is 0.378. The maximum atomic E-state index is 13.6. The lowest BCUT2D eigenvalue weighted by Gasteiger charge is -2.30. The van der Waals surface area contributed by atoms with E-state index in [-0.39, 0.29) is 10.8 Å². The van der Waals surface area contributed by atoms with Crippen LogP contribution in [-0.2, 0) is 14.8 Å². The molecular weight excluding hydrogens is 542 g/mol. The number of carbonyl (C=O) groups excluding carboxylic acids is 1. The Kier molecular flexibility index (Phi) is 7.65. The molecule has 6 rings (SSSR count). The average Bonchev–Trinajstić information content (AvgIpc) is 3.58. The maximum Gasteiger partial charge on any atom is 0.286 e. The van der Waals surface area contributed by atoms with Crippen LogP contribution in [0.3, 0.4) is 0 Å². The molecule has 2 saturated heterocycles. The van der Waals surface area contributed by atoms with Gasteiger partial charge in [0.25, 0.3) is 5.91 Å². The number of aromatic nitrogens is 2. The highest BCUT2D eigenvalue weighted by Gasteiger charge is 2.30. The van der Waals surface area contributed by atoms with Gasteiger partial charge < -0.3 is 4.90 Å². The fraction of sp³-hybridized carbons (Fsp3) is 0.367. The molecule has 1 amide bonds. The summed E-state index contributed by atoms with van der Waals surface area (Å²) in [6.07, 6.45) is 9.06. The molecule has 2 aromatic carbocycles. The van der Waals surface area contributed by atoms with Crippen LogP contribution in [0.5, 0.6) is 0 Å². The van der Waals surface area contributed by atoms with Crippen LogP contribution in [0, 0.1) is 5.92 Å². The lowest BCUT2D eigenvalue weighted by atomic mass is 10.0. The number of carbonyl (C=O) groups is 1. The number of hydrogen-bond donors (Lipinski definition) is 0. The Bertz CT molecular complexity index is 1570. The van der Waals surface area contributed by atoms with Crippen molar-refractivity contribution in [2.24, 2.45) is 10.9 Å². The number of hydrogen-bond acceptors (Lipinski definition) is 6. The van der Waals surface area contributed by atoms with Crippen molar-refractivity contribution >= 4 is 38.9 Å². The predicted molar refractivity (Wildman–Crippen MR) is 160 cm³/mol. The van der Waals surface area contributed by atoms with Crippen molar-refractivity contribution in [1.29, 1.82) is 0 Å². The Morgan fingerprint density at radius 2 is 1.77 bits per heavy atom. The van der Waals surface area contributed by atoms with Crippen molar-refractivity contribution in [3.05, 3.63) is 71.3 Å². The van der Waals surface area contributed by atoms with Crippen molar-refractivity contribution in [2.75, 3.05) is 26.2 Å². The van der Waals surface area contributed by atoms with Crippen LogP contribution >= 0.6 is 11.8 Å². The van der Waals surface area contributed by atoms with Gasteiger partial charge in [0.05, 0.1) is 15.5 Å². The van der Waals surface area contributed by atoms with Crippen LogP contribution in [0.2, 0.25) is 0 Å². The number of amidine groups is 1. The third-order valence-corrected chi connectivity index (χ3v) is 10.6. The first-order valence-electron chi connectivity index (χ1n) is 13.9. The summed E-state index contributed by atoms with van der Waals surface area (Å²) in [4.78, 5) is 20.3. The first-order chi connectivity index (χ1) is 19.4.